The lowest BCUT2D eigenvalue weighted by Crippen LogP contribution is -1.76. The van der Waals surface area contributed by atoms with Crippen LogP contribution in [0.15, 0.2) is 17.8 Å². The van der Waals surface area contributed by atoms with E-state index in [1.807, 2.05) is 12.4 Å². The molecule has 0 fully saturated rings. The van der Waals surface area contributed by atoms with Crippen LogP contribution in [0, 0.1) is 6.92 Å². The van der Waals surface area contributed by atoms with Crippen molar-refractivity contribution in [3.05, 3.63) is 23.5 Å². The maximum atomic E-state index is 4.12. The maximum Gasteiger partial charge on any atom is 0.193 e. The molecule has 3 heteroatoms. The highest BCUT2D eigenvalue weighted by Gasteiger charge is 1.95. The average Bonchev–Trinajstić information content (AvgIpc) is 2.35. The van der Waals surface area contributed by atoms with E-state index in [1.54, 1.807) is 11.3 Å². The van der Waals surface area contributed by atoms with Crippen molar-refractivity contribution in [2.45, 2.75) is 6.92 Å². The van der Waals surface area contributed by atoms with Gasteiger partial charge in [0.25, 0.3) is 0 Å². The van der Waals surface area contributed by atoms with Crippen molar-refractivity contribution < 1.29 is 0 Å². The summed E-state index contributed by atoms with van der Waals surface area (Å²) in [5.74, 6) is 0. The van der Waals surface area contributed by atoms with Gasteiger partial charge in [-0.2, -0.15) is 0 Å². The maximum absolute atomic E-state index is 4.12. The Hall–Kier alpha value is -0.830. The highest BCUT2D eigenvalue weighted by Crippen LogP contribution is 2.12. The first-order valence-electron chi connectivity index (χ1n) is 2.75. The van der Waals surface area contributed by atoms with E-state index in [2.05, 4.69) is 21.7 Å². The summed E-state index contributed by atoms with van der Waals surface area (Å²) in [5, 5.41) is 2.10. The van der Waals surface area contributed by atoms with Crippen molar-refractivity contribution >= 4 is 16.3 Å². The molecular formula is C6H6N2S. The topological polar surface area (TPSA) is 17.3 Å². The van der Waals surface area contributed by atoms with Gasteiger partial charge in [0.15, 0.2) is 4.96 Å². The van der Waals surface area contributed by atoms with Crippen LogP contribution >= 0.6 is 11.3 Å². The number of thiazole rings is 1. The van der Waals surface area contributed by atoms with E-state index >= 15 is 0 Å². The van der Waals surface area contributed by atoms with Gasteiger partial charge in [-0.25, -0.2) is 4.98 Å². The number of hydrogen-bond donors (Lipinski definition) is 0. The largest absolute Gasteiger partial charge is 0.295 e. The molecule has 0 saturated heterocycles. The third kappa shape index (κ3) is 0.580. The number of aromatic nitrogens is 2. The van der Waals surface area contributed by atoms with Crippen LogP contribution in [0.4, 0.5) is 0 Å². The minimum atomic E-state index is 1.08. The first-order valence-corrected chi connectivity index (χ1v) is 3.63. The van der Waals surface area contributed by atoms with E-state index in [0.29, 0.717) is 0 Å². The highest BCUT2D eigenvalue weighted by molar-refractivity contribution is 7.15. The molecule has 0 spiro atoms. The molecule has 0 amide bonds. The Labute approximate surface area is 56.8 Å². The van der Waals surface area contributed by atoms with Crippen molar-refractivity contribution in [3.8, 4) is 0 Å². The van der Waals surface area contributed by atoms with E-state index in [9.17, 15) is 0 Å². The van der Waals surface area contributed by atoms with Crippen LogP contribution < -0.4 is 0 Å². The molecule has 2 rings (SSSR count). The third-order valence-electron chi connectivity index (χ3n) is 1.32. The number of hydrogen-bond acceptors (Lipinski definition) is 2. The lowest BCUT2D eigenvalue weighted by Gasteiger charge is -1.82. The molecule has 9 heavy (non-hydrogen) atoms. The predicted molar refractivity (Wildman–Crippen MR) is 37.8 cm³/mol. The van der Waals surface area contributed by atoms with E-state index < -0.39 is 0 Å². The molecule has 2 aromatic heterocycles. The van der Waals surface area contributed by atoms with Gasteiger partial charge in [0.2, 0.25) is 0 Å². The second kappa shape index (κ2) is 1.57. The van der Waals surface area contributed by atoms with Crippen LogP contribution in [0.25, 0.3) is 4.96 Å². The van der Waals surface area contributed by atoms with Crippen LogP contribution in [0.2, 0.25) is 0 Å². The summed E-state index contributed by atoms with van der Waals surface area (Å²) in [4.78, 5) is 5.20. The van der Waals surface area contributed by atoms with Crippen LogP contribution in [0.1, 0.15) is 5.69 Å². The highest BCUT2D eigenvalue weighted by atomic mass is 32.1. The zero-order valence-electron chi connectivity index (χ0n) is 5.03. The average molecular weight is 138 g/mol. The standard InChI is InChI=1S/C6H6N2S/c1-5-4-9-6-7-2-3-8(5)6/h2-4H,1H3. The van der Waals surface area contributed by atoms with E-state index in [1.165, 1.54) is 5.69 Å². The molecule has 2 heterocycles. The third-order valence-corrected chi connectivity index (χ3v) is 2.29. The summed E-state index contributed by atoms with van der Waals surface area (Å²) in [5.41, 5.74) is 1.26. The second-order valence-corrected chi connectivity index (χ2v) is 2.79. The summed E-state index contributed by atoms with van der Waals surface area (Å²) in [6.07, 6.45) is 3.79. The quantitative estimate of drug-likeness (QED) is 0.541. The van der Waals surface area contributed by atoms with Gasteiger partial charge in [0, 0.05) is 23.5 Å². The van der Waals surface area contributed by atoms with Gasteiger partial charge in [0.1, 0.15) is 0 Å². The van der Waals surface area contributed by atoms with Gasteiger partial charge in [-0.3, -0.25) is 4.40 Å². The smallest absolute Gasteiger partial charge is 0.193 e. The van der Waals surface area contributed by atoms with Crippen LogP contribution in [0.3, 0.4) is 0 Å². The molecular weight excluding hydrogens is 132 g/mol. The Morgan fingerprint density at radius 2 is 2.56 bits per heavy atom. The molecule has 46 valence electrons. The van der Waals surface area contributed by atoms with Gasteiger partial charge in [0.05, 0.1) is 0 Å². The first-order chi connectivity index (χ1) is 4.38. The van der Waals surface area contributed by atoms with Crippen molar-refractivity contribution in [2.24, 2.45) is 0 Å². The lowest BCUT2D eigenvalue weighted by molar-refractivity contribution is 1.13. The Morgan fingerprint density at radius 3 is 3.33 bits per heavy atom. The molecule has 0 N–H and O–H groups in total. The molecule has 0 unspecified atom stereocenters. The van der Waals surface area contributed by atoms with E-state index in [-0.39, 0.29) is 0 Å². The number of rotatable bonds is 0. The number of aryl methyl sites for hydroxylation is 1. The fourth-order valence-electron chi connectivity index (χ4n) is 0.840. The van der Waals surface area contributed by atoms with Gasteiger partial charge in [-0.05, 0) is 6.92 Å². The van der Waals surface area contributed by atoms with Gasteiger partial charge in [-0.15, -0.1) is 11.3 Å². The SMILES string of the molecule is Cc1csc2nccn12. The number of nitrogens with zero attached hydrogens (tertiary/aromatic N) is 2. The summed E-state index contributed by atoms with van der Waals surface area (Å²) in [6, 6.07) is 0. The van der Waals surface area contributed by atoms with E-state index in [4.69, 9.17) is 0 Å². The summed E-state index contributed by atoms with van der Waals surface area (Å²) >= 11 is 1.67. The van der Waals surface area contributed by atoms with Crippen molar-refractivity contribution in [3.63, 3.8) is 0 Å². The molecule has 0 aromatic carbocycles. The molecule has 0 aliphatic carbocycles. The normalized spacial score (nSPS) is 10.8. The van der Waals surface area contributed by atoms with Crippen LogP contribution in [-0.4, -0.2) is 9.38 Å². The Balaban J connectivity index is 2.99. The van der Waals surface area contributed by atoms with Crippen molar-refractivity contribution in [1.82, 2.24) is 9.38 Å². The molecule has 0 saturated carbocycles. The molecule has 0 bridgehead atoms. The zero-order valence-corrected chi connectivity index (χ0v) is 5.85. The molecule has 0 atom stereocenters. The van der Waals surface area contributed by atoms with Gasteiger partial charge in [-0.1, -0.05) is 0 Å². The zero-order chi connectivity index (χ0) is 6.27. The summed E-state index contributed by atoms with van der Waals surface area (Å²) in [7, 11) is 0. The van der Waals surface area contributed by atoms with Gasteiger partial charge < -0.3 is 0 Å². The summed E-state index contributed by atoms with van der Waals surface area (Å²) < 4.78 is 2.07. The molecule has 2 aromatic rings. The Morgan fingerprint density at radius 1 is 1.67 bits per heavy atom. The molecule has 0 aliphatic heterocycles. The monoisotopic (exact) mass is 138 g/mol. The number of fused-ring (bicyclic) bond motifs is 1. The fraction of sp³-hybridized carbons (Fsp3) is 0.167. The van der Waals surface area contributed by atoms with Gasteiger partial charge >= 0.3 is 0 Å². The molecule has 0 aliphatic rings. The van der Waals surface area contributed by atoms with E-state index in [0.717, 1.165) is 4.96 Å². The molecule has 0 radical (unpaired) electrons. The first kappa shape index (κ1) is 4.99. The summed E-state index contributed by atoms with van der Waals surface area (Å²) in [6.45, 7) is 2.07. The minimum absolute atomic E-state index is 1.08. The minimum Gasteiger partial charge on any atom is -0.295 e. The lowest BCUT2D eigenvalue weighted by atomic mass is 10.6. The van der Waals surface area contributed by atoms with Crippen molar-refractivity contribution in [2.75, 3.05) is 0 Å². The van der Waals surface area contributed by atoms with Crippen molar-refractivity contribution in [1.29, 1.82) is 0 Å². The molecule has 2 nitrogen and oxygen atoms in total. The van der Waals surface area contributed by atoms with Crippen LogP contribution in [0.5, 0.6) is 0 Å². The Bertz CT molecular complexity index is 320. The predicted octanol–water partition coefficient (Wildman–Crippen LogP) is 1.70. The Kier molecular flexibility index (Phi) is 0.873. The number of imidazole rings is 1. The fourth-order valence-corrected chi connectivity index (χ4v) is 1.67. The van der Waals surface area contributed by atoms with Crippen LogP contribution in [-0.2, 0) is 0 Å². The second-order valence-electron chi connectivity index (χ2n) is 1.96.